The number of piperidine rings is 1. The summed E-state index contributed by atoms with van der Waals surface area (Å²) in [5, 5.41) is 0. The molecule has 2 aromatic rings. The highest BCUT2D eigenvalue weighted by atomic mass is 79.9. The third-order valence-electron chi connectivity index (χ3n) is 4.04. The van der Waals surface area contributed by atoms with Crippen LogP contribution in [0.3, 0.4) is 0 Å². The van der Waals surface area contributed by atoms with Crippen LogP contribution in [-0.4, -0.2) is 28.9 Å². The Morgan fingerprint density at radius 3 is 2.38 bits per heavy atom. The zero-order valence-corrected chi connectivity index (χ0v) is 15.6. The van der Waals surface area contributed by atoms with E-state index in [1.807, 2.05) is 30.3 Å². The predicted molar refractivity (Wildman–Crippen MR) is 103 cm³/mol. The van der Waals surface area contributed by atoms with Gasteiger partial charge in [-0.1, -0.05) is 40.3 Å². The van der Waals surface area contributed by atoms with E-state index in [9.17, 15) is 4.79 Å². The van der Waals surface area contributed by atoms with Gasteiger partial charge in [-0.15, -0.1) is 0 Å². The first-order valence-electron chi connectivity index (χ1n) is 8.01. The molecule has 0 N–H and O–H groups in total. The topological polar surface area (TPSA) is 29.5 Å². The zero-order chi connectivity index (χ0) is 16.9. The number of thiocarbonyl (C=S) groups is 1. The largest absolute Gasteiger partial charge is 0.422 e. The van der Waals surface area contributed by atoms with Crippen molar-refractivity contribution in [2.75, 3.05) is 13.1 Å². The maximum Gasteiger partial charge on any atom is 0.343 e. The quantitative estimate of drug-likeness (QED) is 0.417. The standard InChI is InChI=1S/C19H18BrNO2S/c20-15-10-8-14(9-11-15)19(22)23-17-7-3-2-6-16(17)18(24)21-12-4-1-5-13-21/h2-3,6-11H,1,4-5,12-13H2. The number of carbonyl (C=O) groups excluding carboxylic acids is 1. The number of rotatable bonds is 3. The number of hydrogen-bond acceptors (Lipinski definition) is 3. The van der Waals surface area contributed by atoms with Crippen molar-refractivity contribution in [2.24, 2.45) is 0 Å². The van der Waals surface area contributed by atoms with Crippen LogP contribution >= 0.6 is 28.1 Å². The number of ether oxygens (including phenoxy) is 1. The van der Waals surface area contributed by atoms with Gasteiger partial charge in [0.05, 0.1) is 11.1 Å². The molecular weight excluding hydrogens is 386 g/mol. The number of hydrogen-bond donors (Lipinski definition) is 0. The molecule has 1 saturated heterocycles. The summed E-state index contributed by atoms with van der Waals surface area (Å²) in [6.07, 6.45) is 3.56. The summed E-state index contributed by atoms with van der Waals surface area (Å²) in [7, 11) is 0. The van der Waals surface area contributed by atoms with Crippen LogP contribution in [0.25, 0.3) is 0 Å². The molecule has 1 aliphatic rings. The molecule has 2 aromatic carbocycles. The van der Waals surface area contributed by atoms with Crippen LogP contribution in [0.1, 0.15) is 35.2 Å². The Balaban J connectivity index is 1.79. The molecule has 0 saturated carbocycles. The lowest BCUT2D eigenvalue weighted by Gasteiger charge is -2.29. The Hall–Kier alpha value is -1.72. The zero-order valence-electron chi connectivity index (χ0n) is 13.2. The lowest BCUT2D eigenvalue weighted by Crippen LogP contribution is -2.35. The van der Waals surface area contributed by atoms with E-state index < -0.39 is 0 Å². The van der Waals surface area contributed by atoms with Crippen molar-refractivity contribution in [1.82, 2.24) is 4.90 Å². The van der Waals surface area contributed by atoms with E-state index in [0.29, 0.717) is 11.3 Å². The van der Waals surface area contributed by atoms with Crippen LogP contribution in [0.4, 0.5) is 0 Å². The smallest absolute Gasteiger partial charge is 0.343 e. The third kappa shape index (κ3) is 4.02. The molecule has 0 unspecified atom stereocenters. The number of esters is 1. The fourth-order valence-electron chi connectivity index (χ4n) is 2.74. The van der Waals surface area contributed by atoms with Crippen molar-refractivity contribution in [3.05, 3.63) is 64.1 Å². The number of likely N-dealkylation sites (tertiary alicyclic amines) is 1. The molecule has 0 aromatic heterocycles. The van der Waals surface area contributed by atoms with Crippen LogP contribution < -0.4 is 4.74 Å². The van der Waals surface area contributed by atoms with Crippen LogP contribution in [0.15, 0.2) is 53.0 Å². The highest BCUT2D eigenvalue weighted by molar-refractivity contribution is 9.10. The van der Waals surface area contributed by atoms with Crippen molar-refractivity contribution in [3.8, 4) is 5.75 Å². The van der Waals surface area contributed by atoms with E-state index in [2.05, 4.69) is 20.8 Å². The monoisotopic (exact) mass is 403 g/mol. The summed E-state index contributed by atoms with van der Waals surface area (Å²) in [5.74, 6) is 0.136. The third-order valence-corrected chi connectivity index (χ3v) is 5.05. The summed E-state index contributed by atoms with van der Waals surface area (Å²) in [4.78, 5) is 15.3. The molecule has 0 aliphatic carbocycles. The lowest BCUT2D eigenvalue weighted by atomic mass is 10.1. The van der Waals surface area contributed by atoms with Crippen molar-refractivity contribution in [2.45, 2.75) is 19.3 Å². The van der Waals surface area contributed by atoms with Crippen LogP contribution in [0.5, 0.6) is 5.75 Å². The molecule has 3 nitrogen and oxygen atoms in total. The molecule has 24 heavy (non-hydrogen) atoms. The molecule has 1 aliphatic heterocycles. The van der Waals surface area contributed by atoms with Gasteiger partial charge in [-0.05, 0) is 55.7 Å². The van der Waals surface area contributed by atoms with Gasteiger partial charge in [-0.3, -0.25) is 0 Å². The molecule has 0 atom stereocenters. The first kappa shape index (κ1) is 17.1. The molecule has 1 heterocycles. The first-order valence-corrected chi connectivity index (χ1v) is 9.21. The van der Waals surface area contributed by atoms with Gasteiger partial charge >= 0.3 is 5.97 Å². The van der Waals surface area contributed by atoms with E-state index in [1.54, 1.807) is 18.2 Å². The molecule has 0 bridgehead atoms. The molecule has 124 valence electrons. The molecule has 1 fully saturated rings. The Morgan fingerprint density at radius 2 is 1.67 bits per heavy atom. The van der Waals surface area contributed by atoms with E-state index in [-0.39, 0.29) is 5.97 Å². The SMILES string of the molecule is O=C(Oc1ccccc1C(=S)N1CCCCC1)c1ccc(Br)cc1. The summed E-state index contributed by atoms with van der Waals surface area (Å²) < 4.78 is 6.54. The fraction of sp³-hybridized carbons (Fsp3) is 0.263. The van der Waals surface area contributed by atoms with Gasteiger partial charge < -0.3 is 9.64 Å². The van der Waals surface area contributed by atoms with Gasteiger partial charge in [0.15, 0.2) is 0 Å². The van der Waals surface area contributed by atoms with Gasteiger partial charge in [0.25, 0.3) is 0 Å². The maximum atomic E-state index is 12.4. The Labute approximate surface area is 155 Å². The first-order chi connectivity index (χ1) is 11.6. The number of nitrogens with zero attached hydrogens (tertiary/aromatic N) is 1. The number of benzene rings is 2. The van der Waals surface area contributed by atoms with E-state index >= 15 is 0 Å². The molecular formula is C19H18BrNO2S. The van der Waals surface area contributed by atoms with E-state index in [4.69, 9.17) is 17.0 Å². The second-order valence-corrected chi connectivity index (χ2v) is 7.05. The Bertz CT molecular complexity index is 739. The molecule has 0 amide bonds. The van der Waals surface area contributed by atoms with Crippen molar-refractivity contribution in [1.29, 1.82) is 0 Å². The van der Waals surface area contributed by atoms with Crippen molar-refractivity contribution < 1.29 is 9.53 Å². The maximum absolute atomic E-state index is 12.4. The minimum Gasteiger partial charge on any atom is -0.422 e. The highest BCUT2D eigenvalue weighted by Crippen LogP contribution is 2.24. The van der Waals surface area contributed by atoms with Gasteiger partial charge in [0.1, 0.15) is 10.7 Å². The normalized spacial score (nSPS) is 14.3. The van der Waals surface area contributed by atoms with Crippen molar-refractivity contribution >= 4 is 39.1 Å². The minimum absolute atomic E-state index is 0.378. The van der Waals surface area contributed by atoms with Crippen LogP contribution in [0, 0.1) is 0 Å². The molecule has 3 rings (SSSR count). The van der Waals surface area contributed by atoms with Crippen LogP contribution in [-0.2, 0) is 0 Å². The second kappa shape index (κ2) is 7.90. The molecule has 0 radical (unpaired) electrons. The second-order valence-electron chi connectivity index (χ2n) is 5.75. The van der Waals surface area contributed by atoms with Gasteiger partial charge in [-0.2, -0.15) is 0 Å². The van der Waals surface area contributed by atoms with E-state index in [0.717, 1.165) is 41.0 Å². The Kier molecular flexibility index (Phi) is 5.63. The van der Waals surface area contributed by atoms with Crippen LogP contribution in [0.2, 0.25) is 0 Å². The molecule has 0 spiro atoms. The lowest BCUT2D eigenvalue weighted by molar-refractivity contribution is 0.0734. The molecule has 5 heteroatoms. The van der Waals surface area contributed by atoms with Gasteiger partial charge in [0, 0.05) is 17.6 Å². The number of carbonyl (C=O) groups is 1. The highest BCUT2D eigenvalue weighted by Gasteiger charge is 2.19. The summed E-state index contributed by atoms with van der Waals surface area (Å²) >= 11 is 9.00. The van der Waals surface area contributed by atoms with Crippen molar-refractivity contribution in [3.63, 3.8) is 0 Å². The summed E-state index contributed by atoms with van der Waals surface area (Å²) in [6.45, 7) is 1.93. The van der Waals surface area contributed by atoms with Gasteiger partial charge in [0.2, 0.25) is 0 Å². The number of halogens is 1. The predicted octanol–water partition coefficient (Wildman–Crippen LogP) is 4.83. The van der Waals surface area contributed by atoms with Gasteiger partial charge in [-0.25, -0.2) is 4.79 Å². The number of para-hydroxylation sites is 1. The summed E-state index contributed by atoms with van der Waals surface area (Å²) in [6, 6.07) is 14.6. The Morgan fingerprint density at radius 1 is 1.00 bits per heavy atom. The minimum atomic E-state index is -0.378. The average molecular weight is 404 g/mol. The van der Waals surface area contributed by atoms with E-state index in [1.165, 1.54) is 6.42 Å². The average Bonchev–Trinajstić information content (AvgIpc) is 2.63. The summed E-state index contributed by atoms with van der Waals surface area (Å²) in [5.41, 5.74) is 1.32. The fourth-order valence-corrected chi connectivity index (χ4v) is 3.36.